The lowest BCUT2D eigenvalue weighted by Gasteiger charge is -2.24. The van der Waals surface area contributed by atoms with Gasteiger partial charge in [-0.3, -0.25) is 4.79 Å². The normalized spacial score (nSPS) is 16.7. The third-order valence-corrected chi connectivity index (χ3v) is 2.56. The van der Waals surface area contributed by atoms with Crippen LogP contribution >= 0.6 is 0 Å². The molecule has 0 spiro atoms. The molecule has 0 unspecified atom stereocenters. The molecular formula is C10H12N2O. The van der Waals surface area contributed by atoms with Gasteiger partial charge in [-0.1, -0.05) is 6.42 Å². The summed E-state index contributed by atoms with van der Waals surface area (Å²) in [6.07, 6.45) is 7.35. The number of aromatic nitrogens is 2. The molecule has 2 rings (SSSR count). The lowest BCUT2D eigenvalue weighted by Crippen LogP contribution is -2.11. The van der Waals surface area contributed by atoms with Gasteiger partial charge in [0.25, 0.3) is 0 Å². The molecule has 13 heavy (non-hydrogen) atoms. The van der Waals surface area contributed by atoms with Crippen LogP contribution in [0.4, 0.5) is 0 Å². The molecule has 0 aromatic carbocycles. The summed E-state index contributed by atoms with van der Waals surface area (Å²) >= 11 is 0. The average Bonchev–Trinajstić information content (AvgIpc) is 2.02. The average molecular weight is 176 g/mol. The van der Waals surface area contributed by atoms with E-state index in [1.165, 1.54) is 31.7 Å². The van der Waals surface area contributed by atoms with Crippen LogP contribution in [0.1, 0.15) is 48.3 Å². The van der Waals surface area contributed by atoms with Gasteiger partial charge in [-0.25, -0.2) is 9.97 Å². The summed E-state index contributed by atoms with van der Waals surface area (Å²) in [5.41, 5.74) is 1.18. The molecule has 3 heteroatoms. The zero-order valence-electron chi connectivity index (χ0n) is 7.66. The molecule has 1 aromatic rings. The third kappa shape index (κ3) is 1.59. The van der Waals surface area contributed by atoms with Crippen molar-refractivity contribution in [3.8, 4) is 0 Å². The van der Waals surface area contributed by atoms with Crippen molar-refractivity contribution in [1.82, 2.24) is 9.97 Å². The van der Waals surface area contributed by atoms with E-state index in [9.17, 15) is 4.79 Å². The van der Waals surface area contributed by atoms with Gasteiger partial charge in [-0.15, -0.1) is 0 Å². The molecule has 0 radical (unpaired) electrons. The van der Waals surface area contributed by atoms with Crippen LogP contribution < -0.4 is 0 Å². The van der Waals surface area contributed by atoms with Gasteiger partial charge >= 0.3 is 0 Å². The van der Waals surface area contributed by atoms with Gasteiger partial charge < -0.3 is 0 Å². The molecule has 0 saturated heterocycles. The number of Topliss-reactive ketones (excluding diaryl/α,β-unsaturated/α-hetero) is 1. The van der Waals surface area contributed by atoms with E-state index in [2.05, 4.69) is 9.97 Å². The topological polar surface area (TPSA) is 42.9 Å². The van der Waals surface area contributed by atoms with Crippen molar-refractivity contribution in [2.45, 2.75) is 32.1 Å². The minimum absolute atomic E-state index is 0.0693. The van der Waals surface area contributed by atoms with E-state index in [4.69, 9.17) is 0 Å². The smallest absolute Gasteiger partial charge is 0.196 e. The van der Waals surface area contributed by atoms with Crippen LogP contribution in [0.15, 0.2) is 12.4 Å². The third-order valence-electron chi connectivity index (χ3n) is 2.56. The van der Waals surface area contributed by atoms with E-state index in [1.807, 2.05) is 0 Å². The largest absolute Gasteiger partial charge is 0.291 e. The lowest BCUT2D eigenvalue weighted by molar-refractivity contribution is 0.100. The molecule has 0 N–H and O–H groups in total. The van der Waals surface area contributed by atoms with Crippen LogP contribution in [0.3, 0.4) is 0 Å². The summed E-state index contributed by atoms with van der Waals surface area (Å²) in [4.78, 5) is 18.9. The SMILES string of the molecule is CC(=O)c1ncc(C2CCC2)cn1. The highest BCUT2D eigenvalue weighted by atomic mass is 16.1. The fourth-order valence-corrected chi connectivity index (χ4v) is 1.47. The Morgan fingerprint density at radius 2 is 2.00 bits per heavy atom. The zero-order valence-corrected chi connectivity index (χ0v) is 7.66. The number of ketones is 1. The van der Waals surface area contributed by atoms with Gasteiger partial charge in [0.15, 0.2) is 11.6 Å². The van der Waals surface area contributed by atoms with Gasteiger partial charge in [0.05, 0.1) is 0 Å². The van der Waals surface area contributed by atoms with E-state index in [1.54, 1.807) is 12.4 Å². The minimum atomic E-state index is -0.0693. The van der Waals surface area contributed by atoms with Gasteiger partial charge in [0, 0.05) is 19.3 Å². The van der Waals surface area contributed by atoms with Crippen molar-refractivity contribution in [3.05, 3.63) is 23.8 Å². The van der Waals surface area contributed by atoms with Crippen molar-refractivity contribution < 1.29 is 4.79 Å². The Morgan fingerprint density at radius 3 is 2.38 bits per heavy atom. The summed E-state index contributed by atoms with van der Waals surface area (Å²) in [5.74, 6) is 0.893. The molecule has 1 aromatic heterocycles. The Hall–Kier alpha value is -1.25. The van der Waals surface area contributed by atoms with Crippen LogP contribution in [0.25, 0.3) is 0 Å². The highest BCUT2D eigenvalue weighted by molar-refractivity contribution is 5.90. The summed E-state index contributed by atoms with van der Waals surface area (Å²) in [5, 5.41) is 0. The number of nitrogens with zero attached hydrogens (tertiary/aromatic N) is 2. The summed E-state index contributed by atoms with van der Waals surface area (Å²) in [6, 6.07) is 0. The monoisotopic (exact) mass is 176 g/mol. The Morgan fingerprint density at radius 1 is 1.38 bits per heavy atom. The summed E-state index contributed by atoms with van der Waals surface area (Å²) < 4.78 is 0. The van der Waals surface area contributed by atoms with Crippen LogP contribution in [-0.4, -0.2) is 15.8 Å². The Labute approximate surface area is 77.2 Å². The summed E-state index contributed by atoms with van der Waals surface area (Å²) in [7, 11) is 0. The molecule has 1 aliphatic carbocycles. The van der Waals surface area contributed by atoms with Crippen LogP contribution in [-0.2, 0) is 0 Å². The van der Waals surface area contributed by atoms with Crippen molar-refractivity contribution in [2.24, 2.45) is 0 Å². The first kappa shape index (κ1) is 8.35. The Bertz CT molecular complexity index is 314. The Balaban J connectivity index is 2.17. The predicted molar refractivity (Wildman–Crippen MR) is 48.6 cm³/mol. The van der Waals surface area contributed by atoms with E-state index < -0.39 is 0 Å². The van der Waals surface area contributed by atoms with Crippen molar-refractivity contribution in [1.29, 1.82) is 0 Å². The maximum absolute atomic E-state index is 10.9. The number of carbonyl (C=O) groups is 1. The highest BCUT2D eigenvalue weighted by Gasteiger charge is 2.20. The zero-order chi connectivity index (χ0) is 9.26. The molecule has 3 nitrogen and oxygen atoms in total. The molecule has 1 heterocycles. The standard InChI is InChI=1S/C10H12N2O/c1-7(13)10-11-5-9(6-12-10)8-3-2-4-8/h5-6,8H,2-4H2,1H3. The van der Waals surface area contributed by atoms with Gasteiger partial charge in [0.2, 0.25) is 0 Å². The van der Waals surface area contributed by atoms with Gasteiger partial charge in [-0.2, -0.15) is 0 Å². The molecule has 68 valence electrons. The van der Waals surface area contributed by atoms with Gasteiger partial charge in [0.1, 0.15) is 0 Å². The first-order valence-corrected chi connectivity index (χ1v) is 4.60. The predicted octanol–water partition coefficient (Wildman–Crippen LogP) is 1.95. The van der Waals surface area contributed by atoms with Crippen LogP contribution in [0.2, 0.25) is 0 Å². The maximum atomic E-state index is 10.9. The molecule has 1 saturated carbocycles. The maximum Gasteiger partial charge on any atom is 0.196 e. The van der Waals surface area contributed by atoms with Gasteiger partial charge in [-0.05, 0) is 24.3 Å². The lowest BCUT2D eigenvalue weighted by atomic mass is 9.81. The van der Waals surface area contributed by atoms with Crippen molar-refractivity contribution >= 4 is 5.78 Å². The second-order valence-electron chi connectivity index (χ2n) is 3.52. The van der Waals surface area contributed by atoms with Crippen LogP contribution in [0.5, 0.6) is 0 Å². The fraction of sp³-hybridized carbons (Fsp3) is 0.500. The molecule has 1 fully saturated rings. The van der Waals surface area contributed by atoms with Crippen molar-refractivity contribution in [3.63, 3.8) is 0 Å². The first-order valence-electron chi connectivity index (χ1n) is 4.60. The second kappa shape index (κ2) is 3.24. The molecule has 1 aliphatic rings. The van der Waals surface area contributed by atoms with E-state index in [0.29, 0.717) is 11.7 Å². The van der Waals surface area contributed by atoms with E-state index in [-0.39, 0.29) is 5.78 Å². The quantitative estimate of drug-likeness (QED) is 0.647. The Kier molecular flexibility index (Phi) is 2.08. The molecule has 0 amide bonds. The van der Waals surface area contributed by atoms with Crippen LogP contribution in [0, 0.1) is 0 Å². The van der Waals surface area contributed by atoms with E-state index in [0.717, 1.165) is 0 Å². The number of carbonyl (C=O) groups excluding carboxylic acids is 1. The minimum Gasteiger partial charge on any atom is -0.291 e. The highest BCUT2D eigenvalue weighted by Crippen LogP contribution is 2.35. The van der Waals surface area contributed by atoms with Crippen molar-refractivity contribution in [2.75, 3.05) is 0 Å². The first-order chi connectivity index (χ1) is 6.27. The number of rotatable bonds is 2. The number of hydrogen-bond donors (Lipinski definition) is 0. The molecule has 0 atom stereocenters. The number of hydrogen-bond acceptors (Lipinski definition) is 3. The molecule has 0 aliphatic heterocycles. The molecular weight excluding hydrogens is 164 g/mol. The fourth-order valence-electron chi connectivity index (χ4n) is 1.47. The second-order valence-corrected chi connectivity index (χ2v) is 3.52. The summed E-state index contributed by atoms with van der Waals surface area (Å²) in [6.45, 7) is 1.48. The van der Waals surface area contributed by atoms with E-state index >= 15 is 0 Å². The molecule has 0 bridgehead atoms.